The third kappa shape index (κ3) is 9.55. The number of carbonyl (C=O) groups excluding carboxylic acids is 3. The first-order chi connectivity index (χ1) is 16.0. The summed E-state index contributed by atoms with van der Waals surface area (Å²) in [6.07, 6.45) is -0.585. The van der Waals surface area contributed by atoms with Gasteiger partial charge in [-0.1, -0.05) is 44.2 Å². The first kappa shape index (κ1) is 28.5. The summed E-state index contributed by atoms with van der Waals surface area (Å²) in [6, 6.07) is 3.74. The van der Waals surface area contributed by atoms with Gasteiger partial charge in [-0.05, 0) is 24.3 Å². The first-order valence-electron chi connectivity index (χ1n) is 10.7. The summed E-state index contributed by atoms with van der Waals surface area (Å²) in [5.41, 5.74) is 6.71. The van der Waals surface area contributed by atoms with Crippen LogP contribution in [0.15, 0.2) is 30.3 Å². The molecule has 0 fully saturated rings. The Morgan fingerprint density at radius 2 is 1.44 bits per heavy atom. The molecule has 4 unspecified atom stereocenters. The SMILES string of the molecule is CC(C)C(NC(=O)C(CO)NC(=O)C(CCC(=O)O)NC(=O)C(N)Cc1ccccc1)C(=O)O. The van der Waals surface area contributed by atoms with Gasteiger partial charge in [0.2, 0.25) is 17.7 Å². The molecule has 0 spiro atoms. The highest BCUT2D eigenvalue weighted by molar-refractivity contribution is 5.94. The fourth-order valence-electron chi connectivity index (χ4n) is 3.01. The van der Waals surface area contributed by atoms with Crippen LogP contribution in [0.2, 0.25) is 0 Å². The van der Waals surface area contributed by atoms with Crippen LogP contribution < -0.4 is 21.7 Å². The van der Waals surface area contributed by atoms with Crippen molar-refractivity contribution in [2.24, 2.45) is 11.7 Å². The van der Waals surface area contributed by atoms with E-state index in [1.54, 1.807) is 44.2 Å². The number of aliphatic hydroxyl groups excluding tert-OH is 1. The summed E-state index contributed by atoms with van der Waals surface area (Å²) >= 11 is 0. The van der Waals surface area contributed by atoms with E-state index in [0.29, 0.717) is 0 Å². The predicted molar refractivity (Wildman–Crippen MR) is 120 cm³/mol. The fourth-order valence-corrected chi connectivity index (χ4v) is 3.01. The van der Waals surface area contributed by atoms with Crippen LogP contribution >= 0.6 is 0 Å². The van der Waals surface area contributed by atoms with Gasteiger partial charge in [0.05, 0.1) is 12.6 Å². The summed E-state index contributed by atoms with van der Waals surface area (Å²) in [5, 5.41) is 34.6. The monoisotopic (exact) mass is 480 g/mol. The van der Waals surface area contributed by atoms with Crippen molar-refractivity contribution in [3.63, 3.8) is 0 Å². The fraction of sp³-hybridized carbons (Fsp3) is 0.500. The lowest BCUT2D eigenvalue weighted by Crippen LogP contribution is -2.58. The third-order valence-corrected chi connectivity index (χ3v) is 4.96. The molecule has 4 atom stereocenters. The van der Waals surface area contributed by atoms with E-state index in [-0.39, 0.29) is 12.8 Å². The van der Waals surface area contributed by atoms with Gasteiger partial charge in [-0.25, -0.2) is 4.79 Å². The molecule has 0 aliphatic heterocycles. The van der Waals surface area contributed by atoms with Gasteiger partial charge in [-0.2, -0.15) is 0 Å². The lowest BCUT2D eigenvalue weighted by Gasteiger charge is -2.25. The van der Waals surface area contributed by atoms with E-state index in [1.165, 1.54) is 0 Å². The second-order valence-electron chi connectivity index (χ2n) is 8.10. The molecule has 0 aliphatic rings. The number of nitrogens with one attached hydrogen (secondary N) is 3. The average Bonchev–Trinajstić information content (AvgIpc) is 2.77. The highest BCUT2D eigenvalue weighted by Crippen LogP contribution is 2.05. The zero-order valence-electron chi connectivity index (χ0n) is 19.1. The molecule has 1 rings (SSSR count). The van der Waals surface area contributed by atoms with Crippen molar-refractivity contribution in [3.8, 4) is 0 Å². The number of aliphatic hydroxyl groups is 1. The van der Waals surface area contributed by atoms with Gasteiger partial charge in [0, 0.05) is 6.42 Å². The van der Waals surface area contributed by atoms with E-state index in [4.69, 9.17) is 10.8 Å². The van der Waals surface area contributed by atoms with Gasteiger partial charge < -0.3 is 37.0 Å². The molecule has 1 aromatic carbocycles. The molecule has 8 N–H and O–H groups in total. The molecular weight excluding hydrogens is 448 g/mol. The van der Waals surface area contributed by atoms with Crippen molar-refractivity contribution in [1.29, 1.82) is 0 Å². The van der Waals surface area contributed by atoms with Gasteiger partial charge >= 0.3 is 11.9 Å². The number of nitrogens with two attached hydrogens (primary N) is 1. The minimum atomic E-state index is -1.52. The van der Waals surface area contributed by atoms with Crippen LogP contribution in [-0.2, 0) is 30.4 Å². The Morgan fingerprint density at radius 1 is 0.882 bits per heavy atom. The number of amides is 3. The normalized spacial score (nSPS) is 14.4. The number of carbonyl (C=O) groups is 5. The van der Waals surface area contributed by atoms with Crippen molar-refractivity contribution in [2.45, 2.75) is 57.3 Å². The van der Waals surface area contributed by atoms with E-state index in [9.17, 15) is 34.2 Å². The molecule has 34 heavy (non-hydrogen) atoms. The molecule has 0 bridgehead atoms. The second-order valence-corrected chi connectivity index (χ2v) is 8.10. The van der Waals surface area contributed by atoms with Gasteiger partial charge in [0.1, 0.15) is 18.1 Å². The predicted octanol–water partition coefficient (Wildman–Crippen LogP) is -1.39. The lowest BCUT2D eigenvalue weighted by molar-refractivity contribution is -0.143. The van der Waals surface area contributed by atoms with E-state index >= 15 is 0 Å². The average molecular weight is 481 g/mol. The minimum Gasteiger partial charge on any atom is -0.481 e. The number of hydrogen-bond donors (Lipinski definition) is 7. The van der Waals surface area contributed by atoms with Gasteiger partial charge in [0.15, 0.2) is 0 Å². The molecule has 0 heterocycles. The van der Waals surface area contributed by atoms with Crippen LogP contribution in [0.5, 0.6) is 0 Å². The molecule has 0 saturated heterocycles. The lowest BCUT2D eigenvalue weighted by atomic mass is 10.0. The molecule has 0 saturated carbocycles. The van der Waals surface area contributed by atoms with E-state index < -0.39 is 72.8 Å². The molecule has 188 valence electrons. The molecule has 0 aliphatic carbocycles. The van der Waals surface area contributed by atoms with Gasteiger partial charge in [0.25, 0.3) is 0 Å². The van der Waals surface area contributed by atoms with Crippen LogP contribution in [0, 0.1) is 5.92 Å². The Morgan fingerprint density at radius 3 is 1.94 bits per heavy atom. The molecule has 3 amide bonds. The largest absolute Gasteiger partial charge is 0.481 e. The quantitative estimate of drug-likeness (QED) is 0.167. The molecule has 12 heteroatoms. The maximum absolute atomic E-state index is 12.7. The van der Waals surface area contributed by atoms with Crippen LogP contribution in [0.1, 0.15) is 32.3 Å². The summed E-state index contributed by atoms with van der Waals surface area (Å²) < 4.78 is 0. The highest BCUT2D eigenvalue weighted by Gasteiger charge is 2.31. The minimum absolute atomic E-state index is 0.174. The Kier molecular flexibility index (Phi) is 11.7. The van der Waals surface area contributed by atoms with Crippen molar-refractivity contribution in [1.82, 2.24) is 16.0 Å². The maximum Gasteiger partial charge on any atom is 0.326 e. The number of hydrogen-bond acceptors (Lipinski definition) is 7. The van der Waals surface area contributed by atoms with Crippen LogP contribution in [0.3, 0.4) is 0 Å². The van der Waals surface area contributed by atoms with Gasteiger partial charge in [-0.3, -0.25) is 19.2 Å². The zero-order chi connectivity index (χ0) is 25.8. The van der Waals surface area contributed by atoms with Crippen LogP contribution in [0.25, 0.3) is 0 Å². The summed E-state index contributed by atoms with van der Waals surface area (Å²) in [5.74, 6) is -5.54. The Bertz CT molecular complexity index is 862. The van der Waals surface area contributed by atoms with E-state index in [2.05, 4.69) is 16.0 Å². The zero-order valence-corrected chi connectivity index (χ0v) is 19.1. The van der Waals surface area contributed by atoms with Crippen molar-refractivity contribution in [3.05, 3.63) is 35.9 Å². The van der Waals surface area contributed by atoms with Crippen LogP contribution in [-0.4, -0.2) is 75.8 Å². The Labute approximate surface area is 196 Å². The topological polar surface area (TPSA) is 208 Å². The van der Waals surface area contributed by atoms with Crippen molar-refractivity contribution >= 4 is 29.7 Å². The van der Waals surface area contributed by atoms with Gasteiger partial charge in [-0.15, -0.1) is 0 Å². The van der Waals surface area contributed by atoms with Crippen molar-refractivity contribution in [2.75, 3.05) is 6.61 Å². The molecule has 12 nitrogen and oxygen atoms in total. The number of rotatable bonds is 14. The third-order valence-electron chi connectivity index (χ3n) is 4.96. The summed E-state index contributed by atoms with van der Waals surface area (Å²) in [4.78, 5) is 60.0. The van der Waals surface area contributed by atoms with E-state index in [0.717, 1.165) is 5.56 Å². The first-order valence-corrected chi connectivity index (χ1v) is 10.7. The van der Waals surface area contributed by atoms with E-state index in [1.807, 2.05) is 0 Å². The van der Waals surface area contributed by atoms with Crippen LogP contribution in [0.4, 0.5) is 0 Å². The highest BCUT2D eigenvalue weighted by atomic mass is 16.4. The standard InChI is InChI=1S/C22H32N4O8/c1-12(2)18(22(33)34)26-21(32)16(11-27)25-20(31)15(8-9-17(28)29)24-19(30)14(23)10-13-6-4-3-5-7-13/h3-7,12,14-16,18,27H,8-11,23H2,1-2H3,(H,24,30)(H,25,31)(H,26,32)(H,28,29)(H,33,34). The molecule has 0 radical (unpaired) electrons. The summed E-state index contributed by atoms with van der Waals surface area (Å²) in [7, 11) is 0. The Hall–Kier alpha value is -3.51. The second kappa shape index (κ2) is 13.9. The maximum atomic E-state index is 12.7. The number of benzene rings is 1. The summed E-state index contributed by atoms with van der Waals surface area (Å²) in [6.45, 7) is 2.29. The molecule has 0 aromatic heterocycles. The number of carboxylic acid groups (broad SMARTS) is 2. The number of carboxylic acids is 2. The molecule has 1 aromatic rings. The molecular formula is C22H32N4O8. The Balaban J connectivity index is 2.88. The number of aliphatic carboxylic acids is 2. The van der Waals surface area contributed by atoms with Crippen molar-refractivity contribution < 1.29 is 39.3 Å². The smallest absolute Gasteiger partial charge is 0.326 e.